The largest absolute Gasteiger partial charge is 1.00 e. The molecule has 0 saturated heterocycles. The SMILES string of the molecule is COc1ccccc1OCC(=O)[O-].[Na+]. The van der Waals surface area contributed by atoms with Crippen LogP contribution in [0, 0.1) is 0 Å². The summed E-state index contributed by atoms with van der Waals surface area (Å²) in [5.41, 5.74) is 0. The second kappa shape index (κ2) is 6.70. The third-order valence-corrected chi connectivity index (χ3v) is 1.41. The van der Waals surface area contributed by atoms with Gasteiger partial charge < -0.3 is 19.4 Å². The van der Waals surface area contributed by atoms with Gasteiger partial charge in [-0.05, 0) is 12.1 Å². The van der Waals surface area contributed by atoms with Crippen molar-refractivity contribution in [1.82, 2.24) is 0 Å². The molecule has 0 atom stereocenters. The van der Waals surface area contributed by atoms with Gasteiger partial charge in [-0.2, -0.15) is 0 Å². The summed E-state index contributed by atoms with van der Waals surface area (Å²) >= 11 is 0. The van der Waals surface area contributed by atoms with Gasteiger partial charge in [-0.25, -0.2) is 0 Å². The zero-order chi connectivity index (χ0) is 9.68. The third-order valence-electron chi connectivity index (χ3n) is 1.41. The van der Waals surface area contributed by atoms with Crippen LogP contribution in [0.4, 0.5) is 0 Å². The number of carbonyl (C=O) groups is 1. The average Bonchev–Trinajstić information content (AvgIpc) is 2.15. The number of ether oxygens (including phenoxy) is 2. The molecule has 0 spiro atoms. The van der Waals surface area contributed by atoms with Gasteiger partial charge >= 0.3 is 29.6 Å². The van der Waals surface area contributed by atoms with Gasteiger partial charge in [0.15, 0.2) is 11.5 Å². The summed E-state index contributed by atoms with van der Waals surface area (Å²) in [6, 6.07) is 6.81. The normalized spacial score (nSPS) is 8.64. The minimum atomic E-state index is -1.26. The van der Waals surface area contributed by atoms with Crippen LogP contribution in [0.5, 0.6) is 11.5 Å². The average molecular weight is 204 g/mol. The smallest absolute Gasteiger partial charge is 0.546 e. The number of aliphatic carboxylic acids is 1. The van der Waals surface area contributed by atoms with Crippen LogP contribution in [0.3, 0.4) is 0 Å². The Kier molecular flexibility index (Phi) is 6.36. The minimum Gasteiger partial charge on any atom is -0.546 e. The summed E-state index contributed by atoms with van der Waals surface area (Å²) in [6.07, 6.45) is 0. The summed E-state index contributed by atoms with van der Waals surface area (Å²) in [5.74, 6) is -0.358. The Hall–Kier alpha value is -0.710. The number of carboxylic acids is 1. The first-order valence-corrected chi connectivity index (χ1v) is 3.69. The number of para-hydroxylation sites is 2. The van der Waals surface area contributed by atoms with Crippen molar-refractivity contribution in [2.45, 2.75) is 0 Å². The zero-order valence-electron chi connectivity index (χ0n) is 8.15. The Balaban J connectivity index is 0.00000169. The van der Waals surface area contributed by atoms with E-state index < -0.39 is 12.6 Å². The number of carbonyl (C=O) groups excluding carboxylic acids is 1. The fourth-order valence-corrected chi connectivity index (χ4v) is 0.875. The van der Waals surface area contributed by atoms with Crippen molar-refractivity contribution in [2.75, 3.05) is 13.7 Å². The number of carboxylic acid groups (broad SMARTS) is 1. The fraction of sp³-hybridized carbons (Fsp3) is 0.222. The van der Waals surface area contributed by atoms with Gasteiger partial charge in [0.05, 0.1) is 13.1 Å². The molecule has 0 saturated carbocycles. The molecule has 0 aromatic heterocycles. The molecular formula is C9H9NaO4. The van der Waals surface area contributed by atoms with E-state index in [4.69, 9.17) is 9.47 Å². The maximum absolute atomic E-state index is 10.1. The van der Waals surface area contributed by atoms with Crippen molar-refractivity contribution in [3.63, 3.8) is 0 Å². The number of hydrogen-bond acceptors (Lipinski definition) is 4. The predicted molar refractivity (Wildman–Crippen MR) is 43.5 cm³/mol. The summed E-state index contributed by atoms with van der Waals surface area (Å²) in [7, 11) is 1.49. The molecule has 5 heteroatoms. The van der Waals surface area contributed by atoms with Crippen LogP contribution in [0.15, 0.2) is 24.3 Å². The van der Waals surface area contributed by atoms with Crippen molar-refractivity contribution in [2.24, 2.45) is 0 Å². The Morgan fingerprint density at radius 1 is 1.36 bits per heavy atom. The van der Waals surface area contributed by atoms with E-state index in [0.717, 1.165) is 0 Å². The van der Waals surface area contributed by atoms with E-state index in [1.807, 2.05) is 0 Å². The van der Waals surface area contributed by atoms with Crippen LogP contribution in [-0.2, 0) is 4.79 Å². The molecule has 14 heavy (non-hydrogen) atoms. The Labute approximate surface area is 104 Å². The standard InChI is InChI=1S/C9H10O4.Na/c1-12-7-4-2-3-5-8(7)13-6-9(10)11;/h2-5H,6H2,1H3,(H,10,11);/q;+1/p-1. The van der Waals surface area contributed by atoms with Gasteiger partial charge in [-0.1, -0.05) is 12.1 Å². The van der Waals surface area contributed by atoms with Gasteiger partial charge in [-0.3, -0.25) is 0 Å². The molecule has 0 aliphatic rings. The van der Waals surface area contributed by atoms with Crippen molar-refractivity contribution in [1.29, 1.82) is 0 Å². The summed E-state index contributed by atoms with van der Waals surface area (Å²) in [6.45, 7) is -0.472. The summed E-state index contributed by atoms with van der Waals surface area (Å²) in [5, 5.41) is 10.1. The maximum atomic E-state index is 10.1. The Bertz CT molecular complexity index is 301. The van der Waals surface area contributed by atoms with E-state index in [1.54, 1.807) is 24.3 Å². The van der Waals surface area contributed by atoms with Gasteiger partial charge in [-0.15, -0.1) is 0 Å². The van der Waals surface area contributed by atoms with Crippen LogP contribution < -0.4 is 44.1 Å². The minimum absolute atomic E-state index is 0. The molecule has 0 amide bonds. The molecule has 0 unspecified atom stereocenters. The number of rotatable bonds is 4. The second-order valence-corrected chi connectivity index (χ2v) is 2.31. The third kappa shape index (κ3) is 4.00. The van der Waals surface area contributed by atoms with Gasteiger partial charge in [0, 0.05) is 0 Å². The van der Waals surface area contributed by atoms with Crippen LogP contribution >= 0.6 is 0 Å². The van der Waals surface area contributed by atoms with E-state index in [2.05, 4.69) is 0 Å². The van der Waals surface area contributed by atoms with Crippen LogP contribution in [0.25, 0.3) is 0 Å². The monoisotopic (exact) mass is 204 g/mol. The molecule has 0 heterocycles. The molecule has 4 nitrogen and oxygen atoms in total. The molecule has 0 aliphatic heterocycles. The quantitative estimate of drug-likeness (QED) is 0.485. The van der Waals surface area contributed by atoms with Crippen molar-refractivity contribution < 1.29 is 48.9 Å². The van der Waals surface area contributed by atoms with Crippen LogP contribution in [-0.4, -0.2) is 19.7 Å². The first-order valence-electron chi connectivity index (χ1n) is 3.69. The topological polar surface area (TPSA) is 58.6 Å². The molecule has 1 aromatic rings. The number of hydrogen-bond donors (Lipinski definition) is 0. The van der Waals surface area contributed by atoms with E-state index in [9.17, 15) is 9.90 Å². The van der Waals surface area contributed by atoms with E-state index in [0.29, 0.717) is 11.5 Å². The Morgan fingerprint density at radius 3 is 2.43 bits per heavy atom. The maximum Gasteiger partial charge on any atom is 1.00 e. The second-order valence-electron chi connectivity index (χ2n) is 2.31. The summed E-state index contributed by atoms with van der Waals surface area (Å²) < 4.78 is 9.84. The Morgan fingerprint density at radius 2 is 1.93 bits per heavy atom. The number of benzene rings is 1. The van der Waals surface area contributed by atoms with Crippen molar-refractivity contribution in [3.05, 3.63) is 24.3 Å². The molecular weight excluding hydrogens is 195 g/mol. The van der Waals surface area contributed by atoms with Crippen molar-refractivity contribution >= 4 is 5.97 Å². The molecule has 0 fully saturated rings. The molecule has 0 aliphatic carbocycles. The summed E-state index contributed by atoms with van der Waals surface area (Å²) in [4.78, 5) is 10.1. The molecule has 1 aromatic carbocycles. The fourth-order valence-electron chi connectivity index (χ4n) is 0.875. The molecule has 0 bridgehead atoms. The van der Waals surface area contributed by atoms with Crippen molar-refractivity contribution in [3.8, 4) is 11.5 Å². The first kappa shape index (κ1) is 13.3. The van der Waals surface area contributed by atoms with E-state index in [1.165, 1.54) is 7.11 Å². The zero-order valence-corrected chi connectivity index (χ0v) is 10.1. The molecule has 0 N–H and O–H groups in total. The number of methoxy groups -OCH3 is 1. The predicted octanol–water partition coefficient (Wildman–Crippen LogP) is -3.17. The van der Waals surface area contributed by atoms with E-state index >= 15 is 0 Å². The van der Waals surface area contributed by atoms with Gasteiger partial charge in [0.1, 0.15) is 6.61 Å². The van der Waals surface area contributed by atoms with E-state index in [-0.39, 0.29) is 29.6 Å². The molecule has 0 radical (unpaired) electrons. The van der Waals surface area contributed by atoms with Crippen LogP contribution in [0.1, 0.15) is 0 Å². The molecule has 70 valence electrons. The van der Waals surface area contributed by atoms with Gasteiger partial charge in [0.25, 0.3) is 0 Å². The van der Waals surface area contributed by atoms with Crippen LogP contribution in [0.2, 0.25) is 0 Å². The molecule has 1 rings (SSSR count). The first-order chi connectivity index (χ1) is 6.24. The van der Waals surface area contributed by atoms with Gasteiger partial charge in [0.2, 0.25) is 0 Å².